The molecule has 0 aromatic heterocycles. The predicted octanol–water partition coefficient (Wildman–Crippen LogP) is 4.02. The molecule has 1 aliphatic rings. The largest absolute Gasteiger partial charge is 0.392 e. The molecule has 0 aliphatic carbocycles. The highest BCUT2D eigenvalue weighted by Crippen LogP contribution is 2.21. The Kier molecular flexibility index (Phi) is 12.2. The van der Waals surface area contributed by atoms with Crippen molar-refractivity contribution in [2.24, 2.45) is 0 Å². The first-order valence-electron chi connectivity index (χ1n) is 10.1. The summed E-state index contributed by atoms with van der Waals surface area (Å²) in [4.78, 5) is 0. The van der Waals surface area contributed by atoms with Crippen molar-refractivity contribution in [3.8, 4) is 11.8 Å². The molecule has 1 N–H and O–H groups in total. The Hall–Kier alpha value is -0.640. The maximum Gasteiger partial charge on any atom is 0.164 e. The molecule has 1 heterocycles. The van der Waals surface area contributed by atoms with Gasteiger partial charge in [-0.25, -0.2) is 0 Å². The molecule has 1 saturated heterocycles. The summed E-state index contributed by atoms with van der Waals surface area (Å²) in [5, 5.41) is 9.99. The van der Waals surface area contributed by atoms with E-state index in [0.717, 1.165) is 32.3 Å². The smallest absolute Gasteiger partial charge is 0.164 e. The Morgan fingerprint density at radius 1 is 1.12 bits per heavy atom. The molecule has 0 saturated carbocycles. The van der Waals surface area contributed by atoms with Crippen molar-refractivity contribution in [3.63, 3.8) is 0 Å². The SMILES string of the molecule is CCOC(C)OCCCCCCCCC(O)CC#CC1COC(C)(C)O1. The van der Waals surface area contributed by atoms with Gasteiger partial charge in [-0.15, -0.1) is 0 Å². The third-order valence-electron chi connectivity index (χ3n) is 4.29. The average molecular weight is 371 g/mol. The lowest BCUT2D eigenvalue weighted by Crippen LogP contribution is -2.20. The number of unbranched alkanes of at least 4 members (excludes halogenated alkanes) is 5. The van der Waals surface area contributed by atoms with Gasteiger partial charge >= 0.3 is 0 Å². The van der Waals surface area contributed by atoms with Crippen LogP contribution in [0, 0.1) is 11.8 Å². The van der Waals surface area contributed by atoms with Crippen molar-refractivity contribution in [1.82, 2.24) is 0 Å². The normalized spacial score (nSPS) is 21.2. The highest BCUT2D eigenvalue weighted by atomic mass is 16.7. The first kappa shape index (κ1) is 23.4. The quantitative estimate of drug-likeness (QED) is 0.301. The fraction of sp³-hybridized carbons (Fsp3) is 0.905. The zero-order valence-corrected chi connectivity index (χ0v) is 17.1. The van der Waals surface area contributed by atoms with Crippen LogP contribution in [0.4, 0.5) is 0 Å². The zero-order valence-electron chi connectivity index (χ0n) is 17.1. The average Bonchev–Trinajstić information content (AvgIpc) is 2.92. The Morgan fingerprint density at radius 3 is 2.46 bits per heavy atom. The predicted molar refractivity (Wildman–Crippen MR) is 103 cm³/mol. The first-order valence-corrected chi connectivity index (χ1v) is 10.1. The van der Waals surface area contributed by atoms with Gasteiger partial charge in [-0.05, 0) is 40.5 Å². The Labute approximate surface area is 159 Å². The van der Waals surface area contributed by atoms with E-state index in [2.05, 4.69) is 11.8 Å². The minimum Gasteiger partial charge on any atom is -0.392 e. The molecule has 0 amide bonds. The van der Waals surface area contributed by atoms with Gasteiger partial charge in [0, 0.05) is 19.6 Å². The second-order valence-electron chi connectivity index (χ2n) is 7.30. The number of aliphatic hydroxyl groups is 1. The summed E-state index contributed by atoms with van der Waals surface area (Å²) in [7, 11) is 0. The van der Waals surface area contributed by atoms with E-state index in [9.17, 15) is 5.11 Å². The fourth-order valence-corrected chi connectivity index (χ4v) is 2.87. The van der Waals surface area contributed by atoms with Gasteiger partial charge in [-0.1, -0.05) is 43.9 Å². The van der Waals surface area contributed by atoms with Gasteiger partial charge in [0.2, 0.25) is 0 Å². The lowest BCUT2D eigenvalue weighted by atomic mass is 10.1. The molecule has 0 radical (unpaired) electrons. The van der Waals surface area contributed by atoms with Crippen LogP contribution in [-0.4, -0.2) is 49.2 Å². The molecule has 5 nitrogen and oxygen atoms in total. The molecule has 3 unspecified atom stereocenters. The minimum atomic E-state index is -0.536. The van der Waals surface area contributed by atoms with E-state index in [1.807, 2.05) is 27.7 Å². The lowest BCUT2D eigenvalue weighted by Gasteiger charge is -2.14. The first-order chi connectivity index (χ1) is 12.4. The van der Waals surface area contributed by atoms with E-state index in [-0.39, 0.29) is 18.5 Å². The van der Waals surface area contributed by atoms with Crippen LogP contribution in [0.5, 0.6) is 0 Å². The van der Waals surface area contributed by atoms with Gasteiger partial charge in [-0.2, -0.15) is 0 Å². The molecule has 0 aromatic rings. The highest BCUT2D eigenvalue weighted by molar-refractivity contribution is 5.07. The van der Waals surface area contributed by atoms with Gasteiger partial charge in [0.15, 0.2) is 12.1 Å². The molecule has 1 rings (SSSR count). The van der Waals surface area contributed by atoms with Gasteiger partial charge in [-0.3, -0.25) is 0 Å². The van der Waals surface area contributed by atoms with Crippen LogP contribution < -0.4 is 0 Å². The van der Waals surface area contributed by atoms with Crippen molar-refractivity contribution in [2.75, 3.05) is 19.8 Å². The number of hydrogen-bond donors (Lipinski definition) is 1. The molecule has 0 bridgehead atoms. The number of aliphatic hydroxyl groups excluding tert-OH is 1. The Balaban J connectivity index is 1.90. The van der Waals surface area contributed by atoms with Crippen LogP contribution in [0.25, 0.3) is 0 Å². The number of hydrogen-bond acceptors (Lipinski definition) is 5. The molecule has 152 valence electrons. The second-order valence-corrected chi connectivity index (χ2v) is 7.30. The number of ether oxygens (including phenoxy) is 4. The summed E-state index contributed by atoms with van der Waals surface area (Å²) in [6.45, 7) is 9.66. The zero-order chi connectivity index (χ0) is 19.3. The van der Waals surface area contributed by atoms with E-state index in [0.29, 0.717) is 19.6 Å². The van der Waals surface area contributed by atoms with Gasteiger partial charge in [0.25, 0.3) is 0 Å². The molecular weight excluding hydrogens is 332 g/mol. The van der Waals surface area contributed by atoms with Crippen molar-refractivity contribution in [2.45, 2.75) is 103 Å². The summed E-state index contributed by atoms with van der Waals surface area (Å²) >= 11 is 0. The number of rotatable bonds is 13. The molecular formula is C21H38O5. The van der Waals surface area contributed by atoms with E-state index >= 15 is 0 Å². The van der Waals surface area contributed by atoms with E-state index in [1.165, 1.54) is 19.3 Å². The maximum atomic E-state index is 9.99. The molecule has 1 fully saturated rings. The summed E-state index contributed by atoms with van der Waals surface area (Å²) < 4.78 is 21.9. The van der Waals surface area contributed by atoms with Gasteiger partial charge in [0.1, 0.15) is 6.10 Å². The minimum absolute atomic E-state index is 0.0937. The standard InChI is InChI=1S/C21H38O5/c1-5-23-18(2)24-16-11-9-7-6-8-10-13-19(22)14-12-15-20-17-25-21(3,4)26-20/h18-20,22H,5-11,13-14,16-17H2,1-4H3. The Bertz CT molecular complexity index is 412. The fourth-order valence-electron chi connectivity index (χ4n) is 2.87. The lowest BCUT2D eigenvalue weighted by molar-refractivity contribution is -0.132. The van der Waals surface area contributed by atoms with Crippen LogP contribution in [0.1, 0.15) is 79.1 Å². The molecule has 1 aliphatic heterocycles. The van der Waals surface area contributed by atoms with Gasteiger partial charge in [0.05, 0.1) is 12.7 Å². The molecule has 5 heteroatoms. The molecule has 26 heavy (non-hydrogen) atoms. The monoisotopic (exact) mass is 370 g/mol. The van der Waals surface area contributed by atoms with Crippen LogP contribution in [0.15, 0.2) is 0 Å². The molecule has 3 atom stereocenters. The summed E-state index contributed by atoms with van der Waals surface area (Å²) in [6.07, 6.45) is 7.64. The second kappa shape index (κ2) is 13.5. The molecule has 0 aromatic carbocycles. The van der Waals surface area contributed by atoms with Gasteiger partial charge < -0.3 is 24.1 Å². The van der Waals surface area contributed by atoms with Crippen molar-refractivity contribution < 1.29 is 24.1 Å². The Morgan fingerprint density at radius 2 is 1.81 bits per heavy atom. The van der Waals surface area contributed by atoms with E-state index in [1.54, 1.807) is 0 Å². The van der Waals surface area contributed by atoms with Crippen molar-refractivity contribution in [3.05, 3.63) is 0 Å². The van der Waals surface area contributed by atoms with Crippen LogP contribution in [0.3, 0.4) is 0 Å². The van der Waals surface area contributed by atoms with Crippen LogP contribution in [0.2, 0.25) is 0 Å². The third kappa shape index (κ3) is 11.9. The topological polar surface area (TPSA) is 57.2 Å². The molecule has 0 spiro atoms. The summed E-state index contributed by atoms with van der Waals surface area (Å²) in [5.41, 5.74) is 0. The van der Waals surface area contributed by atoms with Crippen molar-refractivity contribution in [1.29, 1.82) is 0 Å². The van der Waals surface area contributed by atoms with Crippen molar-refractivity contribution >= 4 is 0 Å². The third-order valence-corrected chi connectivity index (χ3v) is 4.29. The van der Waals surface area contributed by atoms with E-state index in [4.69, 9.17) is 18.9 Å². The maximum absolute atomic E-state index is 9.99. The van der Waals surface area contributed by atoms with E-state index < -0.39 is 5.79 Å². The van der Waals surface area contributed by atoms with Crippen LogP contribution >= 0.6 is 0 Å². The summed E-state index contributed by atoms with van der Waals surface area (Å²) in [6, 6.07) is 0. The van der Waals surface area contributed by atoms with Crippen LogP contribution in [-0.2, 0) is 18.9 Å². The summed E-state index contributed by atoms with van der Waals surface area (Å²) in [5.74, 6) is 5.53. The highest BCUT2D eigenvalue weighted by Gasteiger charge is 2.31.